The smallest absolute Gasteiger partial charge is 0.337 e. The molecule has 0 aliphatic carbocycles. The first-order chi connectivity index (χ1) is 9.41. The van der Waals surface area contributed by atoms with Gasteiger partial charge in [-0.05, 0) is 32.4 Å². The molecule has 0 radical (unpaired) electrons. The molecule has 106 valence electrons. The van der Waals surface area contributed by atoms with Gasteiger partial charge in [0.1, 0.15) is 0 Å². The van der Waals surface area contributed by atoms with Crippen LogP contribution in [-0.4, -0.2) is 20.9 Å². The summed E-state index contributed by atoms with van der Waals surface area (Å²) in [5.74, 6) is -0.921. The maximum absolute atomic E-state index is 11.3. The van der Waals surface area contributed by atoms with Gasteiger partial charge in [-0.1, -0.05) is 12.1 Å². The Labute approximate surface area is 118 Å². The maximum atomic E-state index is 11.3. The molecule has 5 heteroatoms. The highest BCUT2D eigenvalue weighted by Crippen LogP contribution is 2.22. The van der Waals surface area contributed by atoms with E-state index in [4.69, 9.17) is 0 Å². The molecule has 2 aromatic rings. The van der Waals surface area contributed by atoms with E-state index in [-0.39, 0.29) is 0 Å². The van der Waals surface area contributed by atoms with E-state index in [0.717, 1.165) is 22.5 Å². The zero-order valence-electron chi connectivity index (χ0n) is 12.2. The first-order valence-corrected chi connectivity index (χ1v) is 6.47. The predicted molar refractivity (Wildman–Crippen MR) is 78.1 cm³/mol. The van der Waals surface area contributed by atoms with Crippen LogP contribution in [0.15, 0.2) is 18.2 Å². The molecule has 2 N–H and O–H groups in total. The van der Waals surface area contributed by atoms with Crippen LogP contribution in [0.2, 0.25) is 0 Å². The van der Waals surface area contributed by atoms with E-state index in [2.05, 4.69) is 10.4 Å². The molecule has 0 spiro atoms. The molecule has 0 aliphatic heterocycles. The molecule has 0 fully saturated rings. The van der Waals surface area contributed by atoms with Gasteiger partial charge in [-0.2, -0.15) is 5.10 Å². The lowest BCUT2D eigenvalue weighted by Gasteiger charge is -2.13. The second-order valence-electron chi connectivity index (χ2n) is 4.93. The van der Waals surface area contributed by atoms with E-state index in [0.29, 0.717) is 17.8 Å². The lowest BCUT2D eigenvalue weighted by Crippen LogP contribution is -2.09. The third kappa shape index (κ3) is 2.52. The average Bonchev–Trinajstić information content (AvgIpc) is 2.62. The van der Waals surface area contributed by atoms with Gasteiger partial charge in [0.05, 0.1) is 16.9 Å². The van der Waals surface area contributed by atoms with Crippen molar-refractivity contribution in [1.82, 2.24) is 9.78 Å². The zero-order chi connectivity index (χ0) is 14.9. The van der Waals surface area contributed by atoms with Crippen molar-refractivity contribution in [2.45, 2.75) is 27.3 Å². The van der Waals surface area contributed by atoms with E-state index in [1.165, 1.54) is 0 Å². The number of carbonyl (C=O) groups is 1. The molecule has 5 nitrogen and oxygen atoms in total. The summed E-state index contributed by atoms with van der Waals surface area (Å²) in [6.45, 7) is 6.43. The predicted octanol–water partition coefficient (Wildman–Crippen LogP) is 2.66. The van der Waals surface area contributed by atoms with Gasteiger partial charge in [-0.3, -0.25) is 4.68 Å². The molecule has 1 aromatic carbocycles. The summed E-state index contributed by atoms with van der Waals surface area (Å²) in [6, 6.07) is 5.27. The highest BCUT2D eigenvalue weighted by Gasteiger charge is 2.14. The topological polar surface area (TPSA) is 67.2 Å². The van der Waals surface area contributed by atoms with Crippen LogP contribution >= 0.6 is 0 Å². The molecular formula is C15H19N3O2. The quantitative estimate of drug-likeness (QED) is 0.898. The number of hydrogen-bond acceptors (Lipinski definition) is 3. The number of benzene rings is 1. The molecule has 0 bridgehead atoms. The third-order valence-electron chi connectivity index (χ3n) is 3.60. The zero-order valence-corrected chi connectivity index (χ0v) is 12.2. The number of hydrogen-bond donors (Lipinski definition) is 2. The molecular weight excluding hydrogens is 254 g/mol. The number of nitrogens with zero attached hydrogens (tertiary/aromatic N) is 2. The minimum atomic E-state index is -0.921. The standard InChI is InChI=1S/C15H19N3O2/c1-9-6-5-7-12(15(19)20)14(9)16-8-13-10(2)17-18(4)11(13)3/h5-7,16H,8H2,1-4H3,(H,19,20). The number of nitrogens with one attached hydrogen (secondary N) is 1. The van der Waals surface area contributed by atoms with Crippen LogP contribution in [-0.2, 0) is 13.6 Å². The first-order valence-electron chi connectivity index (χ1n) is 6.47. The van der Waals surface area contributed by atoms with Gasteiger partial charge in [-0.15, -0.1) is 0 Å². The fourth-order valence-electron chi connectivity index (χ4n) is 2.33. The van der Waals surface area contributed by atoms with Crippen LogP contribution in [0.1, 0.15) is 32.9 Å². The Morgan fingerprint density at radius 3 is 2.60 bits per heavy atom. The Morgan fingerprint density at radius 1 is 1.35 bits per heavy atom. The van der Waals surface area contributed by atoms with Crippen molar-refractivity contribution in [3.63, 3.8) is 0 Å². The number of aromatic carboxylic acids is 1. The van der Waals surface area contributed by atoms with Gasteiger partial charge < -0.3 is 10.4 Å². The minimum Gasteiger partial charge on any atom is -0.478 e. The number of anilines is 1. The van der Waals surface area contributed by atoms with Gasteiger partial charge in [0, 0.05) is 24.8 Å². The molecule has 2 rings (SSSR count). The van der Waals surface area contributed by atoms with Gasteiger partial charge in [0.25, 0.3) is 0 Å². The van der Waals surface area contributed by atoms with E-state index < -0.39 is 5.97 Å². The molecule has 1 heterocycles. The summed E-state index contributed by atoms with van der Waals surface area (Å²) in [7, 11) is 1.91. The Balaban J connectivity index is 2.30. The first kappa shape index (κ1) is 14.1. The van der Waals surface area contributed by atoms with Crippen molar-refractivity contribution in [2.24, 2.45) is 7.05 Å². The second-order valence-corrected chi connectivity index (χ2v) is 4.93. The number of carboxylic acid groups (broad SMARTS) is 1. The van der Waals surface area contributed by atoms with Crippen molar-refractivity contribution in [1.29, 1.82) is 0 Å². The average molecular weight is 273 g/mol. The van der Waals surface area contributed by atoms with Crippen LogP contribution in [0.4, 0.5) is 5.69 Å². The van der Waals surface area contributed by atoms with Crippen molar-refractivity contribution < 1.29 is 9.90 Å². The largest absolute Gasteiger partial charge is 0.478 e. The van der Waals surface area contributed by atoms with Crippen LogP contribution in [0.5, 0.6) is 0 Å². The van der Waals surface area contributed by atoms with Gasteiger partial charge in [0.2, 0.25) is 0 Å². The van der Waals surface area contributed by atoms with Crippen LogP contribution in [0, 0.1) is 20.8 Å². The number of para-hydroxylation sites is 1. The molecule has 0 saturated carbocycles. The maximum Gasteiger partial charge on any atom is 0.337 e. The van der Waals surface area contributed by atoms with E-state index >= 15 is 0 Å². The SMILES string of the molecule is Cc1cccc(C(=O)O)c1NCc1c(C)nn(C)c1C. The highest BCUT2D eigenvalue weighted by molar-refractivity contribution is 5.95. The van der Waals surface area contributed by atoms with Crippen molar-refractivity contribution in [3.05, 3.63) is 46.3 Å². The van der Waals surface area contributed by atoms with Crippen molar-refractivity contribution >= 4 is 11.7 Å². The normalized spacial score (nSPS) is 10.6. The lowest BCUT2D eigenvalue weighted by molar-refractivity contribution is 0.0698. The van der Waals surface area contributed by atoms with Crippen LogP contribution < -0.4 is 5.32 Å². The molecule has 0 aliphatic rings. The van der Waals surface area contributed by atoms with Crippen LogP contribution in [0.3, 0.4) is 0 Å². The summed E-state index contributed by atoms with van der Waals surface area (Å²) < 4.78 is 1.84. The summed E-state index contributed by atoms with van der Waals surface area (Å²) >= 11 is 0. The summed E-state index contributed by atoms with van der Waals surface area (Å²) in [6.07, 6.45) is 0. The van der Waals surface area contributed by atoms with E-state index in [9.17, 15) is 9.90 Å². The van der Waals surface area contributed by atoms with Crippen molar-refractivity contribution in [3.8, 4) is 0 Å². The fraction of sp³-hybridized carbons (Fsp3) is 0.333. The molecule has 1 aromatic heterocycles. The fourth-order valence-corrected chi connectivity index (χ4v) is 2.33. The van der Waals surface area contributed by atoms with Gasteiger partial charge >= 0.3 is 5.97 Å². The Morgan fingerprint density at radius 2 is 2.05 bits per heavy atom. The summed E-state index contributed by atoms with van der Waals surface area (Å²) in [5.41, 5.74) is 5.03. The Bertz CT molecular complexity index is 659. The van der Waals surface area contributed by atoms with E-state index in [1.807, 2.05) is 38.6 Å². The monoisotopic (exact) mass is 273 g/mol. The Hall–Kier alpha value is -2.30. The van der Waals surface area contributed by atoms with E-state index in [1.54, 1.807) is 12.1 Å². The summed E-state index contributed by atoms with van der Waals surface area (Å²) in [4.78, 5) is 11.3. The van der Waals surface area contributed by atoms with Crippen molar-refractivity contribution in [2.75, 3.05) is 5.32 Å². The number of aromatic nitrogens is 2. The second kappa shape index (κ2) is 5.36. The number of aryl methyl sites for hydroxylation is 3. The number of carboxylic acids is 1. The number of rotatable bonds is 4. The molecule has 0 amide bonds. The van der Waals surface area contributed by atoms with Crippen LogP contribution in [0.25, 0.3) is 0 Å². The lowest BCUT2D eigenvalue weighted by atomic mass is 10.1. The van der Waals surface area contributed by atoms with Gasteiger partial charge in [0.15, 0.2) is 0 Å². The minimum absolute atomic E-state index is 0.296. The molecule has 0 atom stereocenters. The summed E-state index contributed by atoms with van der Waals surface area (Å²) in [5, 5.41) is 16.8. The third-order valence-corrected chi connectivity index (χ3v) is 3.60. The van der Waals surface area contributed by atoms with Gasteiger partial charge in [-0.25, -0.2) is 4.79 Å². The molecule has 0 saturated heterocycles. The molecule has 20 heavy (non-hydrogen) atoms. The Kier molecular flexibility index (Phi) is 3.79. The highest BCUT2D eigenvalue weighted by atomic mass is 16.4. The molecule has 0 unspecified atom stereocenters.